The van der Waals surface area contributed by atoms with E-state index in [1.165, 1.54) is 12.4 Å². The zero-order valence-corrected chi connectivity index (χ0v) is 25.6. The molecule has 16 heteroatoms. The van der Waals surface area contributed by atoms with E-state index in [0.717, 1.165) is 55.6 Å². The molecule has 0 aliphatic heterocycles. The quantitative estimate of drug-likeness (QED) is 0.177. The maximum atomic E-state index is 12.7. The Morgan fingerprint density at radius 3 is 2.33 bits per heavy atom. The molecule has 4 heterocycles. The summed E-state index contributed by atoms with van der Waals surface area (Å²) in [4.78, 5) is 23.8. The van der Waals surface area contributed by atoms with Crippen molar-refractivity contribution in [3.8, 4) is 28.5 Å². The molecular weight excluding hydrogens is 654 g/mol. The van der Waals surface area contributed by atoms with Crippen molar-refractivity contribution in [2.24, 2.45) is 0 Å². The van der Waals surface area contributed by atoms with Crippen LogP contribution in [0, 0.1) is 0 Å². The normalized spacial score (nSPS) is 22.7. The van der Waals surface area contributed by atoms with Crippen LogP contribution in [0.2, 0.25) is 10.0 Å². The second-order valence-corrected chi connectivity index (χ2v) is 12.9. The van der Waals surface area contributed by atoms with Gasteiger partial charge in [0.25, 0.3) is 0 Å². The highest BCUT2D eigenvalue weighted by molar-refractivity contribution is 6.38. The number of pyridine rings is 2. The Morgan fingerprint density at radius 1 is 1.00 bits per heavy atom. The van der Waals surface area contributed by atoms with Crippen LogP contribution in [0.1, 0.15) is 85.0 Å². The van der Waals surface area contributed by atoms with Crippen LogP contribution in [0.25, 0.3) is 22.6 Å². The highest BCUT2D eigenvalue weighted by Gasteiger charge is 2.53. The summed E-state index contributed by atoms with van der Waals surface area (Å²) in [6.07, 6.45) is 4.75. The molecule has 0 radical (unpaired) electrons. The lowest BCUT2D eigenvalue weighted by Gasteiger charge is -2.51. The molecule has 2 bridgehead atoms. The van der Waals surface area contributed by atoms with Crippen LogP contribution in [-0.2, 0) is 16.8 Å². The number of carboxylic acids is 1. The Balaban J connectivity index is 1.08. The molecule has 0 unspecified atom stereocenters. The van der Waals surface area contributed by atoms with Gasteiger partial charge in [-0.05, 0) is 57.4 Å². The molecule has 0 amide bonds. The standard InChI is InChI=1S/C30H26Cl2F3N5O6/c31-18-11-36-12-19(32)22(18)23-17(24(45-39-23)15-1-2-15)13-44-29-6-3-28(4-7-29,5-8-29)27-38-25(40-46-27)16-9-20(26(41)42)37-21(10-16)43-14-30(33,34)35/h9-12,15H,1-8,13-14H2,(H,41,42). The number of ether oxygens (including phenoxy) is 2. The molecule has 242 valence electrons. The van der Waals surface area contributed by atoms with Gasteiger partial charge in [0, 0.05) is 41.1 Å². The van der Waals surface area contributed by atoms with Gasteiger partial charge in [-0.1, -0.05) is 33.5 Å². The van der Waals surface area contributed by atoms with Gasteiger partial charge in [0.1, 0.15) is 11.5 Å². The Kier molecular flexibility index (Phi) is 7.72. The first-order valence-electron chi connectivity index (χ1n) is 14.7. The molecule has 4 saturated carbocycles. The van der Waals surface area contributed by atoms with Crippen molar-refractivity contribution >= 4 is 29.2 Å². The summed E-state index contributed by atoms with van der Waals surface area (Å²) in [7, 11) is 0. The van der Waals surface area contributed by atoms with Gasteiger partial charge < -0.3 is 23.6 Å². The number of halogens is 5. The van der Waals surface area contributed by atoms with E-state index in [-0.39, 0.29) is 29.5 Å². The number of rotatable bonds is 10. The Morgan fingerprint density at radius 2 is 1.70 bits per heavy atom. The molecule has 46 heavy (non-hydrogen) atoms. The molecule has 0 aromatic carbocycles. The van der Waals surface area contributed by atoms with Gasteiger partial charge in [-0.2, -0.15) is 18.2 Å². The van der Waals surface area contributed by atoms with E-state index in [1.807, 2.05) is 0 Å². The van der Waals surface area contributed by atoms with Crippen LogP contribution in [-0.4, -0.2) is 54.7 Å². The second-order valence-electron chi connectivity index (χ2n) is 12.1. The molecule has 4 aromatic heterocycles. The highest BCUT2D eigenvalue weighted by atomic mass is 35.5. The van der Waals surface area contributed by atoms with Gasteiger partial charge in [0.15, 0.2) is 12.3 Å². The van der Waals surface area contributed by atoms with E-state index < -0.39 is 35.7 Å². The molecule has 1 N–H and O–H groups in total. The van der Waals surface area contributed by atoms with E-state index >= 15 is 0 Å². The lowest BCUT2D eigenvalue weighted by atomic mass is 9.58. The zero-order valence-electron chi connectivity index (χ0n) is 24.1. The summed E-state index contributed by atoms with van der Waals surface area (Å²) < 4.78 is 60.9. The number of alkyl halides is 3. The molecule has 11 nitrogen and oxygen atoms in total. The summed E-state index contributed by atoms with van der Waals surface area (Å²) in [5.41, 5.74) is 0.784. The van der Waals surface area contributed by atoms with Crippen molar-refractivity contribution in [3.05, 3.63) is 57.5 Å². The number of nitrogens with zero attached hydrogens (tertiary/aromatic N) is 5. The minimum absolute atomic E-state index is 0.0332. The fourth-order valence-electron chi connectivity index (χ4n) is 6.41. The van der Waals surface area contributed by atoms with Crippen LogP contribution >= 0.6 is 23.2 Å². The van der Waals surface area contributed by atoms with Crippen LogP contribution in [0.4, 0.5) is 13.2 Å². The van der Waals surface area contributed by atoms with Crippen molar-refractivity contribution in [1.82, 2.24) is 25.3 Å². The number of hydrogen-bond acceptors (Lipinski definition) is 10. The second kappa shape index (κ2) is 11.5. The van der Waals surface area contributed by atoms with E-state index in [0.29, 0.717) is 46.5 Å². The molecule has 4 aliphatic rings. The molecule has 0 spiro atoms. The number of fused-ring (bicyclic) bond motifs is 3. The topological polar surface area (TPSA) is 146 Å². The van der Waals surface area contributed by atoms with Gasteiger partial charge >= 0.3 is 12.1 Å². The predicted molar refractivity (Wildman–Crippen MR) is 155 cm³/mol. The van der Waals surface area contributed by atoms with E-state index in [2.05, 4.69) is 25.3 Å². The average Bonchev–Trinajstić information content (AvgIpc) is 3.59. The monoisotopic (exact) mass is 679 g/mol. The first-order valence-corrected chi connectivity index (χ1v) is 15.4. The molecule has 4 aromatic rings. The fourth-order valence-corrected chi connectivity index (χ4v) is 6.95. The summed E-state index contributed by atoms with van der Waals surface area (Å²) in [6.45, 7) is -1.34. The molecule has 4 aliphatic carbocycles. The summed E-state index contributed by atoms with van der Waals surface area (Å²) in [6, 6.07) is 2.32. The van der Waals surface area contributed by atoms with Gasteiger partial charge in [-0.3, -0.25) is 4.98 Å². The van der Waals surface area contributed by atoms with E-state index in [4.69, 9.17) is 41.7 Å². The van der Waals surface area contributed by atoms with Gasteiger partial charge in [-0.15, -0.1) is 0 Å². The third kappa shape index (κ3) is 5.93. The first kappa shape index (κ1) is 30.9. The van der Waals surface area contributed by atoms with Crippen LogP contribution in [0.15, 0.2) is 33.6 Å². The maximum Gasteiger partial charge on any atom is 0.422 e. The number of carbonyl (C=O) groups is 1. The summed E-state index contributed by atoms with van der Waals surface area (Å²) >= 11 is 12.9. The van der Waals surface area contributed by atoms with E-state index in [9.17, 15) is 23.1 Å². The van der Waals surface area contributed by atoms with Crippen LogP contribution < -0.4 is 4.74 Å². The van der Waals surface area contributed by atoms with Crippen molar-refractivity contribution in [2.45, 2.75) is 81.1 Å². The van der Waals surface area contributed by atoms with Gasteiger partial charge in [-0.25, -0.2) is 9.78 Å². The molecular formula is C30H26Cl2F3N5O6. The lowest BCUT2D eigenvalue weighted by Crippen LogP contribution is -2.49. The first-order chi connectivity index (χ1) is 21.9. The van der Waals surface area contributed by atoms with E-state index in [1.54, 1.807) is 0 Å². The zero-order chi connectivity index (χ0) is 32.3. The smallest absolute Gasteiger partial charge is 0.422 e. The van der Waals surface area contributed by atoms with Crippen molar-refractivity contribution in [3.63, 3.8) is 0 Å². The highest BCUT2D eigenvalue weighted by Crippen LogP contribution is 2.55. The summed E-state index contributed by atoms with van der Waals surface area (Å²) in [5, 5.41) is 18.6. The van der Waals surface area contributed by atoms with Gasteiger partial charge in [0.05, 0.1) is 27.7 Å². The number of carboxylic acid groups (broad SMARTS) is 1. The van der Waals surface area contributed by atoms with Crippen molar-refractivity contribution in [2.75, 3.05) is 6.61 Å². The maximum absolute atomic E-state index is 12.7. The summed E-state index contributed by atoms with van der Waals surface area (Å²) in [5.74, 6) is -0.445. The Labute approximate surface area is 269 Å². The predicted octanol–water partition coefficient (Wildman–Crippen LogP) is 7.57. The van der Waals surface area contributed by atoms with Crippen LogP contribution in [0.5, 0.6) is 5.88 Å². The SMILES string of the molecule is O=C(O)c1cc(-c2noc(C34CCC(OCc5c(-c6c(Cl)cncc6Cl)noc5C5CC5)(CC3)CC4)n2)cc(OCC(F)(F)F)n1. The minimum Gasteiger partial charge on any atom is -0.477 e. The third-order valence-electron chi connectivity index (χ3n) is 9.10. The van der Waals surface area contributed by atoms with Gasteiger partial charge in [0.2, 0.25) is 17.6 Å². The third-order valence-corrected chi connectivity index (χ3v) is 9.67. The fraction of sp³-hybridized carbons (Fsp3) is 0.467. The molecule has 0 atom stereocenters. The Bertz CT molecular complexity index is 1760. The Hall–Kier alpha value is -3.75. The largest absolute Gasteiger partial charge is 0.477 e. The van der Waals surface area contributed by atoms with Crippen LogP contribution in [0.3, 0.4) is 0 Å². The molecule has 0 saturated heterocycles. The number of aromatic nitrogens is 5. The van der Waals surface area contributed by atoms with Crippen molar-refractivity contribution in [1.29, 1.82) is 0 Å². The lowest BCUT2D eigenvalue weighted by molar-refractivity contribution is -0.154. The number of aromatic carboxylic acids is 1. The molecule has 8 rings (SSSR count). The molecule has 4 fully saturated rings. The minimum atomic E-state index is -4.63. The van der Waals surface area contributed by atoms with Crippen molar-refractivity contribution < 1.29 is 41.6 Å². The number of hydrogen-bond donors (Lipinski definition) is 1. The average molecular weight is 680 g/mol.